The number of fused-ring (bicyclic) bond motifs is 7. The molecule has 1 unspecified atom stereocenters. The Morgan fingerprint density at radius 1 is 0.979 bits per heavy atom. The van der Waals surface area contributed by atoms with Gasteiger partial charge in [-0.15, -0.1) is 0 Å². The predicted molar refractivity (Wildman–Crippen MR) is 189 cm³/mol. The van der Waals surface area contributed by atoms with Gasteiger partial charge in [-0.2, -0.15) is 0 Å². The Morgan fingerprint density at radius 3 is 2.28 bits per heavy atom. The molecule has 0 saturated heterocycles. The van der Waals surface area contributed by atoms with E-state index < -0.39 is 17.1 Å². The molecule has 6 rings (SSSR count). The first-order valence-electron chi connectivity index (χ1n) is 19.1. The van der Waals surface area contributed by atoms with Crippen molar-refractivity contribution < 1.29 is 19.4 Å². The minimum Gasteiger partial charge on any atom is -0.460 e. The molecule has 5 nitrogen and oxygen atoms in total. The number of Topliss-reactive ketones (excluding diaryl/α,β-unsaturated/α-hetero) is 1. The fourth-order valence-electron chi connectivity index (χ4n) is 13.1. The molecule has 3 N–H and O–H groups in total. The topological polar surface area (TPSA) is 89.6 Å². The summed E-state index contributed by atoms with van der Waals surface area (Å²) in [6, 6.07) is 0. The van der Waals surface area contributed by atoms with Crippen molar-refractivity contribution in [3.05, 3.63) is 34.4 Å². The second-order valence-electron chi connectivity index (χ2n) is 19.4. The molecule has 6 aliphatic carbocycles. The van der Waals surface area contributed by atoms with Gasteiger partial charge in [0.2, 0.25) is 0 Å². The van der Waals surface area contributed by atoms with Crippen molar-refractivity contribution in [3.63, 3.8) is 0 Å². The maximum Gasteiger partial charge on any atom is 0.309 e. The quantitative estimate of drug-likeness (QED) is 0.291. The van der Waals surface area contributed by atoms with E-state index in [1.54, 1.807) is 0 Å². The molecule has 3 saturated carbocycles. The molecule has 47 heavy (non-hydrogen) atoms. The van der Waals surface area contributed by atoms with Crippen molar-refractivity contribution in [2.24, 2.45) is 62.4 Å². The van der Waals surface area contributed by atoms with Crippen molar-refractivity contribution in [2.45, 2.75) is 152 Å². The number of nitrogens with two attached hydrogens (primary N) is 1. The molecule has 0 spiro atoms. The highest BCUT2D eigenvalue weighted by atomic mass is 16.6. The van der Waals surface area contributed by atoms with Crippen LogP contribution in [0, 0.1) is 56.7 Å². The zero-order valence-corrected chi connectivity index (χ0v) is 31.4. The number of hydrogen-bond acceptors (Lipinski definition) is 5. The largest absolute Gasteiger partial charge is 0.460 e. The highest BCUT2D eigenvalue weighted by Crippen LogP contribution is 2.77. The van der Waals surface area contributed by atoms with Crippen LogP contribution in [0.1, 0.15) is 140 Å². The standard InChI is InChI=1S/C42H65NO4/c1-25(2)34-30(44)23-42(33(45)24-43)22-21-40(9)29(35(34)42)15-16-32-39(8)19-17-28(38(6,7)31(39)18-20-41(32,40)10)26-11-13-27(14-12-26)36(46)47-37(3,4)5/h11,17,25,27,29,31-33,45H,12-16,18-24,43H2,1-10H3/t27?,29-,31+,32-,33+,39+,40-,41-,42+/m1/s1. The van der Waals surface area contributed by atoms with Crippen LogP contribution in [0.25, 0.3) is 0 Å². The van der Waals surface area contributed by atoms with Gasteiger partial charge < -0.3 is 15.6 Å². The number of ether oxygens (including phenoxy) is 1. The summed E-state index contributed by atoms with van der Waals surface area (Å²) in [6.07, 6.45) is 15.1. The first kappa shape index (κ1) is 35.1. The number of rotatable bonds is 5. The van der Waals surface area contributed by atoms with Gasteiger partial charge in [-0.05, 0) is 147 Å². The molecule has 3 fully saturated rings. The van der Waals surface area contributed by atoms with Crippen LogP contribution in [0.2, 0.25) is 0 Å². The first-order chi connectivity index (χ1) is 21.8. The highest BCUT2D eigenvalue weighted by molar-refractivity contribution is 6.00. The van der Waals surface area contributed by atoms with Crippen LogP contribution in [-0.2, 0) is 14.3 Å². The maximum absolute atomic E-state index is 13.7. The average Bonchev–Trinajstić information content (AvgIpc) is 3.29. The molecular formula is C42H65NO4. The highest BCUT2D eigenvalue weighted by Gasteiger charge is 2.70. The molecule has 0 aromatic carbocycles. The van der Waals surface area contributed by atoms with Crippen molar-refractivity contribution in [1.29, 1.82) is 0 Å². The van der Waals surface area contributed by atoms with Crippen molar-refractivity contribution >= 4 is 11.8 Å². The Balaban J connectivity index is 1.31. The molecule has 0 radical (unpaired) electrons. The number of carbonyl (C=O) groups is 2. The third-order valence-corrected chi connectivity index (χ3v) is 15.4. The predicted octanol–water partition coefficient (Wildman–Crippen LogP) is 8.89. The Bertz CT molecular complexity index is 1410. The normalized spacial score (nSPS) is 42.1. The fraction of sp³-hybridized carbons (Fsp3) is 0.810. The van der Waals surface area contributed by atoms with E-state index in [0.29, 0.717) is 24.2 Å². The lowest BCUT2D eigenvalue weighted by molar-refractivity contribution is -0.202. The summed E-state index contributed by atoms with van der Waals surface area (Å²) in [6.45, 7) is 23.2. The summed E-state index contributed by atoms with van der Waals surface area (Å²) in [7, 11) is 0. The minimum atomic E-state index is -0.655. The van der Waals surface area contributed by atoms with E-state index in [4.69, 9.17) is 10.5 Å². The van der Waals surface area contributed by atoms with Gasteiger partial charge in [-0.25, -0.2) is 0 Å². The van der Waals surface area contributed by atoms with E-state index in [1.807, 2.05) is 20.8 Å². The number of carbonyl (C=O) groups excluding carboxylic acids is 2. The van der Waals surface area contributed by atoms with Crippen LogP contribution in [0.3, 0.4) is 0 Å². The lowest BCUT2D eigenvalue weighted by Crippen LogP contribution is -2.64. The van der Waals surface area contributed by atoms with Crippen LogP contribution < -0.4 is 5.73 Å². The number of aliphatic hydroxyl groups is 1. The summed E-state index contributed by atoms with van der Waals surface area (Å²) < 4.78 is 5.74. The van der Waals surface area contributed by atoms with Gasteiger partial charge >= 0.3 is 5.97 Å². The van der Waals surface area contributed by atoms with Crippen molar-refractivity contribution in [3.8, 4) is 0 Å². The lowest BCUT2D eigenvalue weighted by Gasteiger charge is -2.71. The van der Waals surface area contributed by atoms with E-state index >= 15 is 0 Å². The van der Waals surface area contributed by atoms with Gasteiger partial charge in [0, 0.05) is 18.4 Å². The number of hydrogen-bond donors (Lipinski definition) is 2. The van der Waals surface area contributed by atoms with E-state index in [1.165, 1.54) is 36.0 Å². The van der Waals surface area contributed by atoms with Crippen LogP contribution in [-0.4, -0.2) is 35.1 Å². The fourth-order valence-corrected chi connectivity index (χ4v) is 13.1. The third kappa shape index (κ3) is 5.04. The molecule has 0 aliphatic heterocycles. The van der Waals surface area contributed by atoms with Gasteiger partial charge in [-0.1, -0.05) is 66.2 Å². The maximum atomic E-state index is 13.7. The number of allylic oxidation sites excluding steroid dienone is 5. The third-order valence-electron chi connectivity index (χ3n) is 15.4. The smallest absolute Gasteiger partial charge is 0.309 e. The SMILES string of the molecule is CC(C)C1=C2[C@H]3CC[C@@H]4[C@@]5(C)CC=C(C6=CCC(C(=O)OC(C)(C)C)CC6)C(C)(C)[C@@H]5CC[C@@]4(C)[C@]3(C)CC[C@@]2([C@@H](O)CN)CC1=O. The molecule has 262 valence electrons. The molecule has 0 aromatic heterocycles. The summed E-state index contributed by atoms with van der Waals surface area (Å²) in [5.41, 5.74) is 11.1. The van der Waals surface area contributed by atoms with Gasteiger partial charge in [0.15, 0.2) is 5.78 Å². The zero-order chi connectivity index (χ0) is 34.5. The second kappa shape index (κ2) is 11.4. The van der Waals surface area contributed by atoms with Gasteiger partial charge in [0.1, 0.15) is 5.60 Å². The monoisotopic (exact) mass is 647 g/mol. The summed E-state index contributed by atoms with van der Waals surface area (Å²) >= 11 is 0. The van der Waals surface area contributed by atoms with Crippen LogP contribution in [0.5, 0.6) is 0 Å². The van der Waals surface area contributed by atoms with E-state index in [2.05, 4.69) is 60.6 Å². The summed E-state index contributed by atoms with van der Waals surface area (Å²) in [4.78, 5) is 26.5. The molecule has 0 amide bonds. The van der Waals surface area contributed by atoms with Crippen LogP contribution >= 0.6 is 0 Å². The molecule has 5 heteroatoms. The lowest BCUT2D eigenvalue weighted by atomic mass is 9.33. The number of aliphatic hydroxyl groups excluding tert-OH is 1. The number of esters is 1. The Morgan fingerprint density at radius 2 is 1.68 bits per heavy atom. The van der Waals surface area contributed by atoms with Gasteiger partial charge in [-0.3, -0.25) is 9.59 Å². The van der Waals surface area contributed by atoms with E-state index in [-0.39, 0.29) is 51.8 Å². The van der Waals surface area contributed by atoms with E-state index in [0.717, 1.165) is 50.5 Å². The van der Waals surface area contributed by atoms with Crippen molar-refractivity contribution in [2.75, 3.05) is 6.54 Å². The average molecular weight is 648 g/mol. The molecule has 6 aliphatic rings. The summed E-state index contributed by atoms with van der Waals surface area (Å²) in [5, 5.41) is 11.5. The van der Waals surface area contributed by atoms with E-state index in [9.17, 15) is 14.7 Å². The van der Waals surface area contributed by atoms with Crippen LogP contribution in [0.4, 0.5) is 0 Å². The number of ketones is 1. The summed E-state index contributed by atoms with van der Waals surface area (Å²) in [5.74, 6) is 1.87. The molecule has 0 heterocycles. The van der Waals surface area contributed by atoms with Gasteiger partial charge in [0.25, 0.3) is 0 Å². The Kier molecular flexibility index (Phi) is 8.52. The zero-order valence-electron chi connectivity index (χ0n) is 31.4. The Hall–Kier alpha value is -1.72. The minimum absolute atomic E-state index is 0.0384. The molecule has 0 aromatic rings. The molecule has 0 bridgehead atoms. The van der Waals surface area contributed by atoms with Crippen molar-refractivity contribution in [1.82, 2.24) is 0 Å². The Labute approximate surface area is 285 Å². The van der Waals surface area contributed by atoms with Crippen LogP contribution in [0.15, 0.2) is 34.4 Å². The first-order valence-corrected chi connectivity index (χ1v) is 19.1. The van der Waals surface area contributed by atoms with Gasteiger partial charge in [0.05, 0.1) is 12.0 Å². The molecule has 9 atom stereocenters. The molecular weight excluding hydrogens is 582 g/mol. The second-order valence-corrected chi connectivity index (χ2v) is 19.4.